The smallest absolute Gasteiger partial charge is 0.300 e. The first-order chi connectivity index (χ1) is 8.53. The van der Waals surface area contributed by atoms with Crippen molar-refractivity contribution in [2.75, 3.05) is 4.72 Å². The molecule has 0 saturated carbocycles. The SMILES string of the molecule is CC(=O)Cc1ccc(NS(=O)(=O)C(F)(F)F)cc1C. The topological polar surface area (TPSA) is 63.2 Å². The number of halogens is 3. The molecule has 0 saturated heterocycles. The molecule has 1 N–H and O–H groups in total. The number of aryl methyl sites for hydroxylation is 1. The number of nitrogens with one attached hydrogen (secondary N) is 1. The van der Waals surface area contributed by atoms with E-state index in [0.717, 1.165) is 0 Å². The first-order valence-electron chi connectivity index (χ1n) is 5.21. The summed E-state index contributed by atoms with van der Waals surface area (Å²) in [6, 6.07) is 3.86. The summed E-state index contributed by atoms with van der Waals surface area (Å²) >= 11 is 0. The minimum Gasteiger partial charge on any atom is -0.300 e. The van der Waals surface area contributed by atoms with Crippen LogP contribution in [0.15, 0.2) is 18.2 Å². The fraction of sp³-hybridized carbons (Fsp3) is 0.364. The third-order valence-electron chi connectivity index (χ3n) is 2.34. The van der Waals surface area contributed by atoms with Crippen LogP contribution < -0.4 is 4.72 Å². The lowest BCUT2D eigenvalue weighted by molar-refractivity contribution is -0.116. The lowest BCUT2D eigenvalue weighted by Gasteiger charge is -2.12. The molecular formula is C11H12F3NO3S. The molecule has 0 atom stereocenters. The summed E-state index contributed by atoms with van der Waals surface area (Å²) in [7, 11) is -5.42. The first-order valence-corrected chi connectivity index (χ1v) is 6.69. The number of alkyl halides is 3. The monoisotopic (exact) mass is 295 g/mol. The molecule has 0 aliphatic rings. The van der Waals surface area contributed by atoms with Crippen LogP contribution in [0.4, 0.5) is 18.9 Å². The molecule has 0 amide bonds. The highest BCUT2D eigenvalue weighted by atomic mass is 32.2. The van der Waals surface area contributed by atoms with E-state index in [0.29, 0.717) is 11.1 Å². The van der Waals surface area contributed by atoms with E-state index >= 15 is 0 Å². The number of benzene rings is 1. The molecule has 1 rings (SSSR count). The zero-order chi connectivity index (χ0) is 14.8. The molecular weight excluding hydrogens is 283 g/mol. The molecule has 0 radical (unpaired) electrons. The number of carbonyl (C=O) groups excluding carboxylic acids is 1. The molecule has 0 aromatic heterocycles. The van der Waals surface area contributed by atoms with Crippen LogP contribution in [0.3, 0.4) is 0 Å². The molecule has 4 nitrogen and oxygen atoms in total. The van der Waals surface area contributed by atoms with Crippen LogP contribution in [0.1, 0.15) is 18.1 Å². The molecule has 19 heavy (non-hydrogen) atoms. The van der Waals surface area contributed by atoms with E-state index in [1.807, 2.05) is 0 Å². The van der Waals surface area contributed by atoms with Gasteiger partial charge >= 0.3 is 15.5 Å². The second-order valence-corrected chi connectivity index (χ2v) is 5.75. The van der Waals surface area contributed by atoms with Crippen molar-refractivity contribution < 1.29 is 26.4 Å². The Kier molecular flexibility index (Phi) is 4.24. The number of hydrogen-bond acceptors (Lipinski definition) is 3. The minimum atomic E-state index is -5.42. The van der Waals surface area contributed by atoms with Crippen LogP contribution in [0.5, 0.6) is 0 Å². The molecule has 8 heteroatoms. The van der Waals surface area contributed by atoms with Gasteiger partial charge in [0.1, 0.15) is 5.78 Å². The molecule has 0 aliphatic heterocycles. The van der Waals surface area contributed by atoms with Crippen molar-refractivity contribution >= 4 is 21.5 Å². The fourth-order valence-electron chi connectivity index (χ4n) is 1.44. The molecule has 1 aromatic rings. The normalized spacial score (nSPS) is 12.3. The van der Waals surface area contributed by atoms with E-state index in [9.17, 15) is 26.4 Å². The Morgan fingerprint density at radius 2 is 1.89 bits per heavy atom. The summed E-state index contributed by atoms with van der Waals surface area (Å²) in [5.74, 6) is -0.0910. The molecule has 0 aliphatic carbocycles. The van der Waals surface area contributed by atoms with Crippen LogP contribution >= 0.6 is 0 Å². The van der Waals surface area contributed by atoms with Gasteiger partial charge in [-0.25, -0.2) is 0 Å². The van der Waals surface area contributed by atoms with Gasteiger partial charge in [0.15, 0.2) is 0 Å². The molecule has 0 bridgehead atoms. The maximum absolute atomic E-state index is 12.2. The Labute approximate surface area is 108 Å². The number of Topliss-reactive ketones (excluding diaryl/α,β-unsaturated/α-hetero) is 1. The predicted octanol–water partition coefficient (Wildman–Crippen LogP) is 2.39. The maximum Gasteiger partial charge on any atom is 0.516 e. The van der Waals surface area contributed by atoms with Gasteiger partial charge in [-0.3, -0.25) is 9.52 Å². The Morgan fingerprint density at radius 3 is 2.32 bits per heavy atom. The summed E-state index contributed by atoms with van der Waals surface area (Å²) in [5, 5.41) is 0. The third-order valence-corrected chi connectivity index (χ3v) is 3.45. The largest absolute Gasteiger partial charge is 0.516 e. The highest BCUT2D eigenvalue weighted by molar-refractivity contribution is 7.93. The fourth-order valence-corrected chi connectivity index (χ4v) is 1.99. The minimum absolute atomic E-state index is 0.0910. The standard InChI is InChI=1S/C11H12F3NO3S/c1-7-5-10(4-3-9(7)6-8(2)16)15-19(17,18)11(12,13)14/h3-5,15H,6H2,1-2H3. The van der Waals surface area contributed by atoms with Crippen molar-refractivity contribution in [3.63, 3.8) is 0 Å². The van der Waals surface area contributed by atoms with Crippen molar-refractivity contribution in [1.82, 2.24) is 0 Å². The van der Waals surface area contributed by atoms with E-state index in [2.05, 4.69) is 0 Å². The van der Waals surface area contributed by atoms with Crippen LogP contribution in [-0.4, -0.2) is 19.7 Å². The Balaban J connectivity index is 3.00. The van der Waals surface area contributed by atoms with Crippen molar-refractivity contribution in [2.24, 2.45) is 0 Å². The quantitative estimate of drug-likeness (QED) is 0.927. The summed E-state index contributed by atoms with van der Waals surface area (Å²) in [5.41, 5.74) is -4.37. The van der Waals surface area contributed by atoms with Gasteiger partial charge in [0, 0.05) is 12.1 Å². The Morgan fingerprint density at radius 1 is 1.32 bits per heavy atom. The van der Waals surface area contributed by atoms with Gasteiger partial charge in [-0.1, -0.05) is 6.07 Å². The molecule has 0 fully saturated rings. The second-order valence-electron chi connectivity index (χ2n) is 4.07. The highest BCUT2D eigenvalue weighted by Crippen LogP contribution is 2.26. The highest BCUT2D eigenvalue weighted by Gasteiger charge is 2.46. The average molecular weight is 295 g/mol. The number of carbonyl (C=O) groups is 1. The third kappa shape index (κ3) is 3.95. The number of hydrogen-bond donors (Lipinski definition) is 1. The van der Waals surface area contributed by atoms with Gasteiger partial charge in [0.2, 0.25) is 0 Å². The van der Waals surface area contributed by atoms with Crippen molar-refractivity contribution in [3.05, 3.63) is 29.3 Å². The molecule has 106 valence electrons. The first kappa shape index (κ1) is 15.5. The van der Waals surface area contributed by atoms with Gasteiger partial charge < -0.3 is 0 Å². The van der Waals surface area contributed by atoms with E-state index in [4.69, 9.17) is 0 Å². The van der Waals surface area contributed by atoms with Crippen LogP contribution in [0.2, 0.25) is 0 Å². The van der Waals surface area contributed by atoms with Gasteiger partial charge in [0.25, 0.3) is 0 Å². The van der Waals surface area contributed by atoms with Crippen LogP contribution in [0.25, 0.3) is 0 Å². The van der Waals surface area contributed by atoms with Crippen LogP contribution in [-0.2, 0) is 21.2 Å². The average Bonchev–Trinajstić information content (AvgIpc) is 2.19. The number of sulfonamides is 1. The lowest BCUT2D eigenvalue weighted by atomic mass is 10.0. The summed E-state index contributed by atoms with van der Waals surface area (Å²) in [6.07, 6.45) is 0.151. The van der Waals surface area contributed by atoms with Gasteiger partial charge in [-0.15, -0.1) is 0 Å². The second kappa shape index (κ2) is 5.20. The zero-order valence-electron chi connectivity index (χ0n) is 10.2. The number of ketones is 1. The van der Waals surface area contributed by atoms with Crippen molar-refractivity contribution in [1.29, 1.82) is 0 Å². The Bertz CT molecular complexity index is 594. The summed E-state index contributed by atoms with van der Waals surface area (Å²) < 4.78 is 59.8. The van der Waals surface area contributed by atoms with Gasteiger partial charge in [0.05, 0.1) is 0 Å². The van der Waals surface area contributed by atoms with Gasteiger partial charge in [-0.05, 0) is 37.1 Å². The molecule has 0 unspecified atom stereocenters. The van der Waals surface area contributed by atoms with Crippen molar-refractivity contribution in [2.45, 2.75) is 25.8 Å². The lowest BCUT2D eigenvalue weighted by Crippen LogP contribution is -2.29. The van der Waals surface area contributed by atoms with E-state index in [-0.39, 0.29) is 17.9 Å². The van der Waals surface area contributed by atoms with Crippen LogP contribution in [0, 0.1) is 6.92 Å². The molecule has 0 spiro atoms. The van der Waals surface area contributed by atoms with E-state index in [1.165, 1.54) is 29.8 Å². The van der Waals surface area contributed by atoms with E-state index < -0.39 is 15.5 Å². The van der Waals surface area contributed by atoms with Gasteiger partial charge in [-0.2, -0.15) is 21.6 Å². The predicted molar refractivity (Wildman–Crippen MR) is 64.2 cm³/mol. The molecule has 0 heterocycles. The zero-order valence-corrected chi connectivity index (χ0v) is 11.0. The Hall–Kier alpha value is -1.57. The van der Waals surface area contributed by atoms with Crippen molar-refractivity contribution in [3.8, 4) is 0 Å². The van der Waals surface area contributed by atoms with E-state index in [1.54, 1.807) is 6.92 Å². The molecule has 1 aromatic carbocycles. The maximum atomic E-state index is 12.2. The summed E-state index contributed by atoms with van der Waals surface area (Å²) in [4.78, 5) is 11.0. The summed E-state index contributed by atoms with van der Waals surface area (Å²) in [6.45, 7) is 2.98. The number of anilines is 1. The number of rotatable bonds is 4.